The van der Waals surface area contributed by atoms with Crippen molar-refractivity contribution in [3.63, 3.8) is 0 Å². The van der Waals surface area contributed by atoms with Crippen molar-refractivity contribution in [2.75, 3.05) is 6.54 Å². The van der Waals surface area contributed by atoms with E-state index in [0.29, 0.717) is 19.4 Å². The summed E-state index contributed by atoms with van der Waals surface area (Å²) in [6.45, 7) is 13.5. The summed E-state index contributed by atoms with van der Waals surface area (Å²) in [5.41, 5.74) is -0.866. The first kappa shape index (κ1) is 23.3. The van der Waals surface area contributed by atoms with Gasteiger partial charge in [0, 0.05) is 6.54 Å². The van der Waals surface area contributed by atoms with Crippen LogP contribution < -0.4 is 5.46 Å². The van der Waals surface area contributed by atoms with Gasteiger partial charge < -0.3 is 14.0 Å². The van der Waals surface area contributed by atoms with Crippen LogP contribution in [0.2, 0.25) is 0 Å². The topological polar surface area (TPSA) is 82.1 Å². The van der Waals surface area contributed by atoms with Crippen molar-refractivity contribution in [3.05, 3.63) is 24.3 Å². The maximum atomic E-state index is 13.2. The van der Waals surface area contributed by atoms with Crippen molar-refractivity contribution in [1.29, 1.82) is 0 Å². The highest BCUT2D eigenvalue weighted by Gasteiger charge is 2.51. The molecule has 2 fully saturated rings. The smallest absolute Gasteiger partial charge is 0.459 e. The van der Waals surface area contributed by atoms with Crippen LogP contribution in [0.3, 0.4) is 0 Å². The van der Waals surface area contributed by atoms with Gasteiger partial charge in [0.25, 0.3) is 0 Å². The molecule has 2 heterocycles. The Morgan fingerprint density at radius 3 is 2.13 bits per heavy atom. The molecule has 166 valence electrons. The first-order chi connectivity index (χ1) is 13.6. The Balaban J connectivity index is 1.79. The third-order valence-electron chi connectivity index (χ3n) is 5.89. The second-order valence-corrected chi connectivity index (χ2v) is 11.9. The van der Waals surface area contributed by atoms with Crippen LogP contribution in [-0.4, -0.2) is 55.2 Å². The molecule has 30 heavy (non-hydrogen) atoms. The number of sulfonamides is 1. The molecule has 1 atom stereocenters. The molecule has 0 aliphatic carbocycles. The quantitative estimate of drug-likeness (QED) is 0.532. The van der Waals surface area contributed by atoms with Crippen LogP contribution in [0.1, 0.15) is 61.3 Å². The maximum Gasteiger partial charge on any atom is 0.494 e. The molecule has 0 radical (unpaired) electrons. The molecular formula is C21H32BNO6S. The van der Waals surface area contributed by atoms with Crippen LogP contribution in [0.25, 0.3) is 0 Å². The molecule has 0 aromatic heterocycles. The Hall–Kier alpha value is -1.42. The molecule has 1 unspecified atom stereocenters. The lowest BCUT2D eigenvalue weighted by Crippen LogP contribution is -2.43. The molecule has 0 amide bonds. The summed E-state index contributed by atoms with van der Waals surface area (Å²) < 4.78 is 45.2. The van der Waals surface area contributed by atoms with Gasteiger partial charge in [-0.2, -0.15) is 4.31 Å². The second-order valence-electron chi connectivity index (χ2n) is 9.96. The maximum absolute atomic E-state index is 13.2. The number of rotatable bonds is 4. The van der Waals surface area contributed by atoms with Gasteiger partial charge in [0.2, 0.25) is 10.0 Å². The van der Waals surface area contributed by atoms with E-state index in [1.54, 1.807) is 45.0 Å². The molecule has 2 saturated heterocycles. The van der Waals surface area contributed by atoms with E-state index in [-0.39, 0.29) is 4.90 Å². The predicted molar refractivity (Wildman–Crippen MR) is 115 cm³/mol. The van der Waals surface area contributed by atoms with Crippen molar-refractivity contribution in [1.82, 2.24) is 4.31 Å². The number of ether oxygens (including phenoxy) is 1. The van der Waals surface area contributed by atoms with Crippen molar-refractivity contribution in [2.45, 2.75) is 89.0 Å². The van der Waals surface area contributed by atoms with Gasteiger partial charge in [-0.05, 0) is 78.9 Å². The first-order valence-corrected chi connectivity index (χ1v) is 11.8. The second kappa shape index (κ2) is 7.62. The van der Waals surface area contributed by atoms with E-state index in [1.807, 2.05) is 27.7 Å². The number of benzene rings is 1. The largest absolute Gasteiger partial charge is 0.494 e. The molecular weight excluding hydrogens is 405 g/mol. The van der Waals surface area contributed by atoms with Gasteiger partial charge in [-0.3, -0.25) is 4.79 Å². The molecule has 1 aromatic carbocycles. The summed E-state index contributed by atoms with van der Waals surface area (Å²) >= 11 is 0. The van der Waals surface area contributed by atoms with E-state index in [0.717, 1.165) is 5.46 Å². The number of nitrogens with zero attached hydrogens (tertiary/aromatic N) is 1. The van der Waals surface area contributed by atoms with Crippen LogP contribution in [0, 0.1) is 0 Å². The summed E-state index contributed by atoms with van der Waals surface area (Å²) in [7, 11) is -4.39. The Morgan fingerprint density at radius 1 is 1.10 bits per heavy atom. The Labute approximate surface area is 180 Å². The van der Waals surface area contributed by atoms with E-state index >= 15 is 0 Å². The van der Waals surface area contributed by atoms with Gasteiger partial charge in [0.05, 0.1) is 16.1 Å². The predicted octanol–water partition coefficient (Wildman–Crippen LogP) is 2.48. The van der Waals surface area contributed by atoms with E-state index in [1.165, 1.54) is 4.31 Å². The fourth-order valence-electron chi connectivity index (χ4n) is 3.54. The minimum absolute atomic E-state index is 0.137. The molecule has 9 heteroatoms. The fraction of sp³-hybridized carbons (Fsp3) is 0.667. The van der Waals surface area contributed by atoms with Crippen molar-refractivity contribution >= 4 is 28.6 Å². The van der Waals surface area contributed by atoms with E-state index in [2.05, 4.69) is 0 Å². The molecule has 2 aliphatic rings. The molecule has 0 saturated carbocycles. The molecule has 1 aromatic rings. The highest BCUT2D eigenvalue weighted by molar-refractivity contribution is 7.89. The molecule has 7 nitrogen and oxygen atoms in total. The van der Waals surface area contributed by atoms with Crippen LogP contribution >= 0.6 is 0 Å². The zero-order valence-electron chi connectivity index (χ0n) is 18.9. The fourth-order valence-corrected chi connectivity index (χ4v) is 5.19. The SMILES string of the molecule is CC(C)(C)OC(=O)C1CCCN1S(=O)(=O)c1ccc(B2OC(C)(C)C(C)(C)O2)cc1. The summed E-state index contributed by atoms with van der Waals surface area (Å²) in [4.78, 5) is 12.7. The highest BCUT2D eigenvalue weighted by Crippen LogP contribution is 2.36. The van der Waals surface area contributed by atoms with Crippen LogP contribution in [-0.2, 0) is 28.9 Å². The minimum atomic E-state index is -3.82. The summed E-state index contributed by atoms with van der Waals surface area (Å²) in [5, 5.41) is 0. The van der Waals surface area contributed by atoms with Crippen molar-refractivity contribution in [3.8, 4) is 0 Å². The van der Waals surface area contributed by atoms with E-state index in [9.17, 15) is 13.2 Å². The number of carbonyl (C=O) groups excluding carboxylic acids is 1. The Bertz CT molecular complexity index is 888. The van der Waals surface area contributed by atoms with Gasteiger partial charge in [0.1, 0.15) is 11.6 Å². The number of hydrogen-bond acceptors (Lipinski definition) is 6. The third-order valence-corrected chi connectivity index (χ3v) is 7.82. The Morgan fingerprint density at radius 2 is 1.63 bits per heavy atom. The average molecular weight is 437 g/mol. The zero-order valence-corrected chi connectivity index (χ0v) is 19.7. The van der Waals surface area contributed by atoms with Gasteiger partial charge in [-0.1, -0.05) is 12.1 Å². The summed E-state index contributed by atoms with van der Waals surface area (Å²) in [5.74, 6) is -0.502. The molecule has 0 N–H and O–H groups in total. The van der Waals surface area contributed by atoms with E-state index in [4.69, 9.17) is 14.0 Å². The van der Waals surface area contributed by atoms with Crippen LogP contribution in [0.15, 0.2) is 29.2 Å². The number of hydrogen-bond donors (Lipinski definition) is 0. The summed E-state index contributed by atoms with van der Waals surface area (Å²) in [6.07, 6.45) is 1.08. The van der Waals surface area contributed by atoms with Gasteiger partial charge in [-0.15, -0.1) is 0 Å². The molecule has 2 aliphatic heterocycles. The van der Waals surface area contributed by atoms with Crippen molar-refractivity contribution < 1.29 is 27.3 Å². The normalized spacial score (nSPS) is 24.2. The highest BCUT2D eigenvalue weighted by atomic mass is 32.2. The zero-order chi connectivity index (χ0) is 22.5. The minimum Gasteiger partial charge on any atom is -0.459 e. The molecule has 3 rings (SSSR count). The number of esters is 1. The van der Waals surface area contributed by atoms with E-state index < -0.39 is 46.0 Å². The van der Waals surface area contributed by atoms with Crippen LogP contribution in [0.4, 0.5) is 0 Å². The Kier molecular flexibility index (Phi) is 5.91. The lowest BCUT2D eigenvalue weighted by molar-refractivity contribution is -0.158. The van der Waals surface area contributed by atoms with Crippen molar-refractivity contribution in [2.24, 2.45) is 0 Å². The van der Waals surface area contributed by atoms with Gasteiger partial charge in [0.15, 0.2) is 0 Å². The summed E-state index contributed by atoms with van der Waals surface area (Å²) in [6, 6.07) is 5.69. The standard InChI is InChI=1S/C21H32BNO6S/c1-19(2,3)27-18(24)17-9-8-14-23(17)30(25,26)16-12-10-15(11-13-16)22-28-20(4,5)21(6,7)29-22/h10-13,17H,8-9,14H2,1-7H3. The third kappa shape index (κ3) is 4.44. The average Bonchev–Trinajstić information content (AvgIpc) is 3.17. The molecule has 0 bridgehead atoms. The molecule has 0 spiro atoms. The van der Waals surface area contributed by atoms with Crippen LogP contribution in [0.5, 0.6) is 0 Å². The van der Waals surface area contributed by atoms with Gasteiger partial charge in [-0.25, -0.2) is 8.42 Å². The lowest BCUT2D eigenvalue weighted by atomic mass is 9.79. The monoisotopic (exact) mass is 437 g/mol. The number of carbonyl (C=O) groups is 1. The first-order valence-electron chi connectivity index (χ1n) is 10.3. The van der Waals surface area contributed by atoms with Gasteiger partial charge >= 0.3 is 13.1 Å². The lowest BCUT2D eigenvalue weighted by Gasteiger charge is -2.32.